The van der Waals surface area contributed by atoms with Crippen molar-refractivity contribution in [1.82, 2.24) is 0 Å². The van der Waals surface area contributed by atoms with Crippen LogP contribution in [-0.4, -0.2) is 26.2 Å². The average molecular weight is 299 g/mol. The zero-order valence-electron chi connectivity index (χ0n) is 12.6. The second-order valence-corrected chi connectivity index (χ2v) is 5.42. The maximum Gasteiger partial charge on any atom is 0.340 e. The van der Waals surface area contributed by atoms with Crippen molar-refractivity contribution in [2.75, 3.05) is 30.8 Å². The van der Waals surface area contributed by atoms with Gasteiger partial charge < -0.3 is 15.4 Å². The van der Waals surface area contributed by atoms with E-state index in [-0.39, 0.29) is 0 Å². The van der Waals surface area contributed by atoms with Crippen molar-refractivity contribution in [2.24, 2.45) is 5.92 Å². The summed E-state index contributed by atoms with van der Waals surface area (Å²) < 4.78 is 5.08. The van der Waals surface area contributed by atoms with E-state index in [1.165, 1.54) is 0 Å². The Bertz CT molecular complexity index is 477. The van der Waals surface area contributed by atoms with Gasteiger partial charge in [0.2, 0.25) is 0 Å². The molecule has 0 heterocycles. The van der Waals surface area contributed by atoms with Gasteiger partial charge in [0.25, 0.3) is 0 Å². The molecule has 1 aromatic carbocycles. The molecule has 1 atom stereocenters. The van der Waals surface area contributed by atoms with Crippen molar-refractivity contribution in [1.29, 1.82) is 0 Å². The molecule has 0 bridgehead atoms. The third kappa shape index (κ3) is 4.04. The second kappa shape index (κ2) is 7.39. The normalized spacial score (nSPS) is 12.1. The van der Waals surface area contributed by atoms with Gasteiger partial charge in [-0.05, 0) is 25.0 Å². The molecule has 20 heavy (non-hydrogen) atoms. The van der Waals surface area contributed by atoms with Crippen LogP contribution < -0.4 is 10.6 Å². The summed E-state index contributed by atoms with van der Waals surface area (Å²) in [5, 5.41) is 0.471. The van der Waals surface area contributed by atoms with Crippen LogP contribution in [0.15, 0.2) is 12.1 Å². The number of halogens is 1. The lowest BCUT2D eigenvalue weighted by Gasteiger charge is -2.26. The van der Waals surface area contributed by atoms with Crippen LogP contribution in [0.25, 0.3) is 0 Å². The van der Waals surface area contributed by atoms with Crippen LogP contribution in [0.5, 0.6) is 0 Å². The number of carbonyl (C=O) groups excluding carboxylic acids is 1. The molecule has 1 aromatic rings. The Morgan fingerprint density at radius 2 is 2.10 bits per heavy atom. The van der Waals surface area contributed by atoms with Gasteiger partial charge in [-0.3, -0.25) is 0 Å². The molecule has 0 spiro atoms. The topological polar surface area (TPSA) is 55.6 Å². The molecule has 5 heteroatoms. The minimum absolute atomic E-state index is 0.319. The summed E-state index contributed by atoms with van der Waals surface area (Å²) in [4.78, 5) is 14.1. The van der Waals surface area contributed by atoms with E-state index < -0.39 is 5.97 Å². The first-order valence-electron chi connectivity index (χ1n) is 6.87. The summed E-state index contributed by atoms with van der Waals surface area (Å²) in [6.45, 7) is 7.20. The Kier molecular flexibility index (Phi) is 6.14. The fourth-order valence-corrected chi connectivity index (χ4v) is 2.43. The highest BCUT2D eigenvalue weighted by Crippen LogP contribution is 2.33. The van der Waals surface area contributed by atoms with Crippen LogP contribution in [0.4, 0.5) is 11.4 Å². The van der Waals surface area contributed by atoms with Gasteiger partial charge in [0.1, 0.15) is 0 Å². The standard InChI is InChI=1S/C15H23ClN2O2/c1-5-10(3)9-18(4)14-12(15(19)20-6-2)7-11(17)8-13(14)16/h7-8,10H,5-6,9,17H2,1-4H3. The lowest BCUT2D eigenvalue weighted by molar-refractivity contribution is 0.0527. The SMILES string of the molecule is CCOC(=O)c1cc(N)cc(Cl)c1N(C)CC(C)CC. The Balaban J connectivity index is 3.18. The van der Waals surface area contributed by atoms with E-state index in [2.05, 4.69) is 13.8 Å². The number of nitrogens with zero attached hydrogens (tertiary/aromatic N) is 1. The number of rotatable bonds is 6. The summed E-state index contributed by atoms with van der Waals surface area (Å²) in [6, 6.07) is 3.28. The summed E-state index contributed by atoms with van der Waals surface area (Å²) in [7, 11) is 1.92. The largest absolute Gasteiger partial charge is 0.462 e. The summed E-state index contributed by atoms with van der Waals surface area (Å²) in [5.74, 6) is 0.108. The molecule has 0 radical (unpaired) electrons. The van der Waals surface area contributed by atoms with Crippen LogP contribution in [0.2, 0.25) is 5.02 Å². The minimum Gasteiger partial charge on any atom is -0.462 e. The zero-order valence-corrected chi connectivity index (χ0v) is 13.3. The Labute approximate surface area is 125 Å². The molecular weight excluding hydrogens is 276 g/mol. The van der Waals surface area contributed by atoms with Gasteiger partial charge in [0.05, 0.1) is 22.9 Å². The third-order valence-electron chi connectivity index (χ3n) is 3.25. The predicted molar refractivity (Wildman–Crippen MR) is 84.5 cm³/mol. The van der Waals surface area contributed by atoms with Gasteiger partial charge in [0.15, 0.2) is 0 Å². The maximum atomic E-state index is 12.1. The minimum atomic E-state index is -0.396. The van der Waals surface area contributed by atoms with E-state index in [0.29, 0.717) is 34.5 Å². The second-order valence-electron chi connectivity index (χ2n) is 5.01. The average Bonchev–Trinajstić information content (AvgIpc) is 2.37. The number of carbonyl (C=O) groups is 1. The highest BCUT2D eigenvalue weighted by molar-refractivity contribution is 6.34. The summed E-state index contributed by atoms with van der Waals surface area (Å²) in [5.41, 5.74) is 7.34. The summed E-state index contributed by atoms with van der Waals surface area (Å²) in [6.07, 6.45) is 1.06. The Morgan fingerprint density at radius 1 is 1.45 bits per heavy atom. The molecule has 0 aliphatic heterocycles. The number of benzene rings is 1. The number of esters is 1. The Hall–Kier alpha value is -1.42. The van der Waals surface area contributed by atoms with E-state index in [4.69, 9.17) is 22.1 Å². The quantitative estimate of drug-likeness (QED) is 0.644. The third-order valence-corrected chi connectivity index (χ3v) is 3.53. The predicted octanol–water partition coefficient (Wildman–Crippen LogP) is 3.58. The molecule has 0 fully saturated rings. The van der Waals surface area contributed by atoms with Crippen molar-refractivity contribution in [3.63, 3.8) is 0 Å². The molecule has 0 aliphatic carbocycles. The monoisotopic (exact) mass is 298 g/mol. The Morgan fingerprint density at radius 3 is 2.65 bits per heavy atom. The van der Waals surface area contributed by atoms with Crippen LogP contribution >= 0.6 is 11.6 Å². The van der Waals surface area contributed by atoms with Gasteiger partial charge in [-0.25, -0.2) is 4.79 Å². The molecule has 4 nitrogen and oxygen atoms in total. The highest BCUT2D eigenvalue weighted by Gasteiger charge is 2.20. The molecule has 0 saturated heterocycles. The lowest BCUT2D eigenvalue weighted by Crippen LogP contribution is -2.26. The number of anilines is 2. The van der Waals surface area contributed by atoms with E-state index in [1.54, 1.807) is 19.1 Å². The molecular formula is C15H23ClN2O2. The zero-order chi connectivity index (χ0) is 15.3. The first-order valence-corrected chi connectivity index (χ1v) is 7.25. The van der Waals surface area contributed by atoms with Crippen LogP contribution in [0.1, 0.15) is 37.6 Å². The molecule has 0 amide bonds. The number of ether oxygens (including phenoxy) is 1. The van der Waals surface area contributed by atoms with Crippen molar-refractivity contribution in [3.8, 4) is 0 Å². The fourth-order valence-electron chi connectivity index (χ4n) is 2.06. The molecule has 2 N–H and O–H groups in total. The molecule has 0 aromatic heterocycles. The molecule has 1 unspecified atom stereocenters. The fraction of sp³-hybridized carbons (Fsp3) is 0.533. The van der Waals surface area contributed by atoms with E-state index in [0.717, 1.165) is 13.0 Å². The van der Waals surface area contributed by atoms with Crippen molar-refractivity contribution in [3.05, 3.63) is 22.7 Å². The van der Waals surface area contributed by atoms with Gasteiger partial charge in [-0.1, -0.05) is 31.9 Å². The van der Waals surface area contributed by atoms with E-state index >= 15 is 0 Å². The van der Waals surface area contributed by atoms with E-state index in [9.17, 15) is 4.79 Å². The van der Waals surface area contributed by atoms with Crippen molar-refractivity contribution >= 4 is 28.9 Å². The van der Waals surface area contributed by atoms with Crippen molar-refractivity contribution < 1.29 is 9.53 Å². The molecule has 0 aliphatic rings. The smallest absolute Gasteiger partial charge is 0.340 e. The van der Waals surface area contributed by atoms with E-state index in [1.807, 2.05) is 11.9 Å². The first kappa shape index (κ1) is 16.6. The van der Waals surface area contributed by atoms with Crippen LogP contribution in [0, 0.1) is 5.92 Å². The molecule has 1 rings (SSSR count). The number of hydrogen-bond acceptors (Lipinski definition) is 4. The molecule has 112 valence electrons. The number of nitrogen functional groups attached to an aromatic ring is 1. The number of nitrogens with two attached hydrogens (primary N) is 1. The van der Waals surface area contributed by atoms with Gasteiger partial charge >= 0.3 is 5.97 Å². The van der Waals surface area contributed by atoms with Gasteiger partial charge in [-0.2, -0.15) is 0 Å². The summed E-state index contributed by atoms with van der Waals surface area (Å²) >= 11 is 6.27. The van der Waals surface area contributed by atoms with Crippen LogP contribution in [0.3, 0.4) is 0 Å². The highest BCUT2D eigenvalue weighted by atomic mass is 35.5. The van der Waals surface area contributed by atoms with Crippen molar-refractivity contribution in [2.45, 2.75) is 27.2 Å². The number of hydrogen-bond donors (Lipinski definition) is 1. The lowest BCUT2D eigenvalue weighted by atomic mass is 10.1. The first-order chi connectivity index (χ1) is 9.40. The maximum absolute atomic E-state index is 12.1. The molecule has 0 saturated carbocycles. The van der Waals surface area contributed by atoms with Crippen LogP contribution in [-0.2, 0) is 4.74 Å². The van der Waals surface area contributed by atoms with Gasteiger partial charge in [-0.15, -0.1) is 0 Å². The van der Waals surface area contributed by atoms with Gasteiger partial charge in [0, 0.05) is 19.3 Å².